The molecule has 1 aliphatic heterocycles. The van der Waals surface area contributed by atoms with Crippen LogP contribution in [0.5, 0.6) is 5.75 Å². The third-order valence-electron chi connectivity index (χ3n) is 3.17. The Morgan fingerprint density at radius 2 is 2.37 bits per heavy atom. The summed E-state index contributed by atoms with van der Waals surface area (Å²) in [7, 11) is 1.61. The summed E-state index contributed by atoms with van der Waals surface area (Å²) in [5.74, 6) is 0.691. The van der Waals surface area contributed by atoms with Crippen LogP contribution in [0.3, 0.4) is 0 Å². The number of nitrogens with two attached hydrogens (primary N) is 1. The third kappa shape index (κ3) is 3.45. The van der Waals surface area contributed by atoms with E-state index in [-0.39, 0.29) is 11.9 Å². The number of carbonyl (C=O) groups excluding carboxylic acids is 1. The molecule has 1 aromatic rings. The predicted molar refractivity (Wildman–Crippen MR) is 72.0 cm³/mol. The molecule has 5 nitrogen and oxygen atoms in total. The van der Waals surface area contributed by atoms with E-state index in [0.29, 0.717) is 26.0 Å². The van der Waals surface area contributed by atoms with Crippen LogP contribution in [-0.2, 0) is 16.0 Å². The lowest BCUT2D eigenvalue weighted by molar-refractivity contribution is -0.128. The van der Waals surface area contributed by atoms with Crippen LogP contribution >= 0.6 is 0 Å². The molecule has 2 rings (SSSR count). The Morgan fingerprint density at radius 3 is 3.05 bits per heavy atom. The molecule has 19 heavy (non-hydrogen) atoms. The summed E-state index contributed by atoms with van der Waals surface area (Å²) >= 11 is 0. The van der Waals surface area contributed by atoms with Crippen LogP contribution in [0.25, 0.3) is 0 Å². The molecule has 2 atom stereocenters. The van der Waals surface area contributed by atoms with Crippen molar-refractivity contribution < 1.29 is 14.3 Å². The molecule has 104 valence electrons. The van der Waals surface area contributed by atoms with Gasteiger partial charge in [0.15, 0.2) is 6.10 Å². The lowest BCUT2D eigenvalue weighted by Gasteiger charge is -2.19. The zero-order chi connectivity index (χ0) is 13.7. The molecule has 0 saturated heterocycles. The number of ether oxygens (including phenoxy) is 2. The van der Waals surface area contributed by atoms with Crippen molar-refractivity contribution in [3.8, 4) is 5.75 Å². The Balaban J connectivity index is 1.91. The van der Waals surface area contributed by atoms with Gasteiger partial charge in [0.2, 0.25) is 0 Å². The number of carbonyl (C=O) groups is 1. The molecule has 3 N–H and O–H groups in total. The standard InChI is InChI=1S/C14H20N2O3/c1-18-9-11(6-7-15)16-14(17)13-8-10-4-2-3-5-12(10)19-13/h2-5,11,13H,6-9,15H2,1H3,(H,16,17). The van der Waals surface area contributed by atoms with Crippen molar-refractivity contribution in [1.29, 1.82) is 0 Å². The first-order valence-corrected chi connectivity index (χ1v) is 6.48. The predicted octanol–water partition coefficient (Wildman–Crippen LogP) is 0.470. The number of methoxy groups -OCH3 is 1. The molecule has 1 amide bonds. The zero-order valence-electron chi connectivity index (χ0n) is 11.1. The van der Waals surface area contributed by atoms with Gasteiger partial charge in [-0.1, -0.05) is 18.2 Å². The second kappa shape index (κ2) is 6.54. The Kier molecular flexibility index (Phi) is 4.76. The Labute approximate surface area is 113 Å². The van der Waals surface area contributed by atoms with Crippen LogP contribution in [0.1, 0.15) is 12.0 Å². The molecule has 1 heterocycles. The third-order valence-corrected chi connectivity index (χ3v) is 3.17. The molecule has 0 spiro atoms. The van der Waals surface area contributed by atoms with E-state index in [9.17, 15) is 4.79 Å². The second-order valence-electron chi connectivity index (χ2n) is 4.66. The summed E-state index contributed by atoms with van der Waals surface area (Å²) < 4.78 is 10.7. The zero-order valence-corrected chi connectivity index (χ0v) is 11.1. The van der Waals surface area contributed by atoms with Gasteiger partial charge in [0.25, 0.3) is 5.91 Å². The Morgan fingerprint density at radius 1 is 1.58 bits per heavy atom. The smallest absolute Gasteiger partial charge is 0.261 e. The fraction of sp³-hybridized carbons (Fsp3) is 0.500. The summed E-state index contributed by atoms with van der Waals surface area (Å²) in [6.07, 6.45) is 0.860. The first-order chi connectivity index (χ1) is 9.24. The molecular weight excluding hydrogens is 244 g/mol. The van der Waals surface area contributed by atoms with Gasteiger partial charge in [-0.3, -0.25) is 4.79 Å². The molecule has 0 bridgehead atoms. The number of hydrogen-bond donors (Lipinski definition) is 2. The van der Waals surface area contributed by atoms with Crippen LogP contribution in [0.2, 0.25) is 0 Å². The molecule has 0 radical (unpaired) electrons. The van der Waals surface area contributed by atoms with Crippen molar-refractivity contribution in [2.24, 2.45) is 5.73 Å². The van der Waals surface area contributed by atoms with E-state index in [1.807, 2.05) is 24.3 Å². The summed E-state index contributed by atoms with van der Waals surface area (Å²) in [5.41, 5.74) is 6.59. The number of amides is 1. The van der Waals surface area contributed by atoms with Crippen LogP contribution in [0.15, 0.2) is 24.3 Å². The minimum absolute atomic E-state index is 0.0604. The number of rotatable bonds is 6. The highest BCUT2D eigenvalue weighted by Gasteiger charge is 2.29. The maximum Gasteiger partial charge on any atom is 0.261 e. The van der Waals surface area contributed by atoms with Crippen LogP contribution in [-0.4, -0.2) is 38.3 Å². The summed E-state index contributed by atoms with van der Waals surface area (Å²) in [5, 5.41) is 2.93. The number of nitrogens with one attached hydrogen (secondary N) is 1. The monoisotopic (exact) mass is 264 g/mol. The highest BCUT2D eigenvalue weighted by molar-refractivity contribution is 5.82. The largest absolute Gasteiger partial charge is 0.480 e. The molecule has 0 saturated carbocycles. The SMILES string of the molecule is COCC(CCN)NC(=O)C1Cc2ccccc2O1. The molecule has 1 aromatic carbocycles. The number of hydrogen-bond acceptors (Lipinski definition) is 4. The van der Waals surface area contributed by atoms with E-state index in [4.69, 9.17) is 15.2 Å². The van der Waals surface area contributed by atoms with Gasteiger partial charge in [-0.25, -0.2) is 0 Å². The van der Waals surface area contributed by atoms with Crippen LogP contribution in [0.4, 0.5) is 0 Å². The minimum Gasteiger partial charge on any atom is -0.480 e. The van der Waals surface area contributed by atoms with Gasteiger partial charge in [0, 0.05) is 13.5 Å². The summed E-state index contributed by atoms with van der Waals surface area (Å²) in [6.45, 7) is 0.975. The van der Waals surface area contributed by atoms with E-state index >= 15 is 0 Å². The van der Waals surface area contributed by atoms with Crippen molar-refractivity contribution in [2.45, 2.75) is 25.0 Å². The van der Waals surface area contributed by atoms with E-state index < -0.39 is 6.10 Å². The fourth-order valence-corrected chi connectivity index (χ4v) is 2.22. The van der Waals surface area contributed by atoms with Gasteiger partial charge in [0.05, 0.1) is 12.6 Å². The molecule has 0 aromatic heterocycles. The molecule has 0 fully saturated rings. The van der Waals surface area contributed by atoms with Crippen molar-refractivity contribution in [2.75, 3.05) is 20.3 Å². The van der Waals surface area contributed by atoms with E-state index in [1.54, 1.807) is 7.11 Å². The maximum absolute atomic E-state index is 12.1. The highest BCUT2D eigenvalue weighted by atomic mass is 16.5. The average Bonchev–Trinajstić information content (AvgIpc) is 2.83. The van der Waals surface area contributed by atoms with E-state index in [0.717, 1.165) is 11.3 Å². The van der Waals surface area contributed by atoms with Crippen LogP contribution in [0, 0.1) is 0 Å². The van der Waals surface area contributed by atoms with Crippen molar-refractivity contribution in [1.82, 2.24) is 5.32 Å². The lowest BCUT2D eigenvalue weighted by atomic mass is 10.1. The number of benzene rings is 1. The van der Waals surface area contributed by atoms with E-state index in [1.165, 1.54) is 0 Å². The molecule has 0 aliphatic carbocycles. The van der Waals surface area contributed by atoms with Crippen molar-refractivity contribution >= 4 is 5.91 Å². The number of fused-ring (bicyclic) bond motifs is 1. The van der Waals surface area contributed by atoms with Gasteiger partial charge in [0.1, 0.15) is 5.75 Å². The average molecular weight is 264 g/mol. The van der Waals surface area contributed by atoms with Gasteiger partial charge >= 0.3 is 0 Å². The van der Waals surface area contributed by atoms with Crippen molar-refractivity contribution in [3.05, 3.63) is 29.8 Å². The highest BCUT2D eigenvalue weighted by Crippen LogP contribution is 2.28. The Hall–Kier alpha value is -1.59. The van der Waals surface area contributed by atoms with Gasteiger partial charge in [-0.2, -0.15) is 0 Å². The van der Waals surface area contributed by atoms with E-state index in [2.05, 4.69) is 5.32 Å². The Bertz CT molecular complexity index is 405. The van der Waals surface area contributed by atoms with Crippen LogP contribution < -0.4 is 15.8 Å². The first-order valence-electron chi connectivity index (χ1n) is 6.48. The van der Waals surface area contributed by atoms with Gasteiger partial charge in [-0.15, -0.1) is 0 Å². The topological polar surface area (TPSA) is 73.6 Å². The molecular formula is C14H20N2O3. The first kappa shape index (κ1) is 13.8. The minimum atomic E-state index is -0.450. The molecule has 2 unspecified atom stereocenters. The van der Waals surface area contributed by atoms with Gasteiger partial charge in [-0.05, 0) is 24.6 Å². The van der Waals surface area contributed by atoms with Crippen molar-refractivity contribution in [3.63, 3.8) is 0 Å². The second-order valence-corrected chi connectivity index (χ2v) is 4.66. The normalized spacial score (nSPS) is 18.5. The molecule has 5 heteroatoms. The maximum atomic E-state index is 12.1. The summed E-state index contributed by atoms with van der Waals surface area (Å²) in [4.78, 5) is 12.1. The quantitative estimate of drug-likeness (QED) is 0.783. The molecule has 1 aliphatic rings. The summed E-state index contributed by atoms with van der Waals surface area (Å²) in [6, 6.07) is 7.66. The van der Waals surface area contributed by atoms with Gasteiger partial charge < -0.3 is 20.5 Å². The lowest BCUT2D eigenvalue weighted by Crippen LogP contribution is -2.45. The fourth-order valence-electron chi connectivity index (χ4n) is 2.22. The number of para-hydroxylation sites is 1.